The Hall–Kier alpha value is -2.83. The number of carbonyl (C=O) groups excluding carboxylic acids is 3. The lowest BCUT2D eigenvalue weighted by atomic mass is 10.1. The zero-order valence-electron chi connectivity index (χ0n) is 13.4. The van der Waals surface area contributed by atoms with Crippen LogP contribution in [-0.4, -0.2) is 38.7 Å². The molecule has 1 saturated heterocycles. The Labute approximate surface area is 143 Å². The van der Waals surface area contributed by atoms with Crippen molar-refractivity contribution in [2.24, 2.45) is 0 Å². The normalized spacial score (nSPS) is 18.8. The summed E-state index contributed by atoms with van der Waals surface area (Å²) < 4.78 is 13.9. The van der Waals surface area contributed by atoms with Crippen molar-refractivity contribution in [2.75, 3.05) is 0 Å². The molecule has 1 aliphatic carbocycles. The molecule has 2 aromatic rings. The first kappa shape index (κ1) is 15.7. The maximum absolute atomic E-state index is 13.9. The zero-order chi connectivity index (χ0) is 17.6. The van der Waals surface area contributed by atoms with Gasteiger partial charge in [-0.3, -0.25) is 24.4 Å². The van der Waals surface area contributed by atoms with E-state index in [9.17, 15) is 18.8 Å². The molecule has 1 saturated carbocycles. The number of benzene rings is 1. The summed E-state index contributed by atoms with van der Waals surface area (Å²) in [6, 6.07) is 5.15. The molecule has 0 radical (unpaired) electrons. The number of rotatable bonds is 3. The highest BCUT2D eigenvalue weighted by atomic mass is 19.1. The van der Waals surface area contributed by atoms with Gasteiger partial charge in [0.1, 0.15) is 5.82 Å². The Morgan fingerprint density at radius 1 is 1.12 bits per heavy atom. The number of pyridine rings is 1. The van der Waals surface area contributed by atoms with Gasteiger partial charge in [-0.1, -0.05) is 18.9 Å². The first-order valence-electron chi connectivity index (χ1n) is 8.28. The van der Waals surface area contributed by atoms with E-state index in [0.717, 1.165) is 35.5 Å². The summed E-state index contributed by atoms with van der Waals surface area (Å²) in [6.07, 6.45) is 4.89. The van der Waals surface area contributed by atoms with Gasteiger partial charge in [0.2, 0.25) is 0 Å². The minimum absolute atomic E-state index is 0.169. The zero-order valence-corrected chi connectivity index (χ0v) is 13.4. The molecular formula is C18H16FN3O3. The van der Waals surface area contributed by atoms with Gasteiger partial charge in [0.25, 0.3) is 0 Å². The first-order chi connectivity index (χ1) is 12.1. The van der Waals surface area contributed by atoms with Gasteiger partial charge in [0.15, 0.2) is 0 Å². The average molecular weight is 341 g/mol. The van der Waals surface area contributed by atoms with Gasteiger partial charge < -0.3 is 0 Å². The number of halogens is 1. The van der Waals surface area contributed by atoms with Crippen molar-refractivity contribution < 1.29 is 18.8 Å². The lowest BCUT2D eigenvalue weighted by Gasteiger charge is -2.21. The van der Waals surface area contributed by atoms with E-state index in [-0.39, 0.29) is 12.6 Å². The highest BCUT2D eigenvalue weighted by molar-refractivity contribution is 6.44. The van der Waals surface area contributed by atoms with Gasteiger partial charge in [-0.15, -0.1) is 0 Å². The fourth-order valence-electron chi connectivity index (χ4n) is 3.66. The molecule has 128 valence electrons. The van der Waals surface area contributed by atoms with E-state index in [1.165, 1.54) is 12.1 Å². The molecular weight excluding hydrogens is 325 g/mol. The van der Waals surface area contributed by atoms with Crippen molar-refractivity contribution in [3.05, 3.63) is 41.8 Å². The SMILES string of the molecule is O=C1C(=O)N(C2CCCC2)C(=O)N1Cc1cc(F)cc2cccnc12. The van der Waals surface area contributed by atoms with Gasteiger partial charge in [-0.25, -0.2) is 9.18 Å². The average Bonchev–Trinajstić information content (AvgIpc) is 3.18. The highest BCUT2D eigenvalue weighted by Gasteiger charge is 2.48. The number of urea groups is 1. The Morgan fingerprint density at radius 3 is 2.64 bits per heavy atom. The molecule has 4 amide bonds. The smallest absolute Gasteiger partial charge is 0.263 e. The van der Waals surface area contributed by atoms with E-state index in [2.05, 4.69) is 4.98 Å². The van der Waals surface area contributed by atoms with Crippen LogP contribution in [0.5, 0.6) is 0 Å². The summed E-state index contributed by atoms with van der Waals surface area (Å²) in [5.74, 6) is -2.12. The Morgan fingerprint density at radius 2 is 1.88 bits per heavy atom. The number of carbonyl (C=O) groups is 3. The maximum atomic E-state index is 13.9. The fourth-order valence-corrected chi connectivity index (χ4v) is 3.66. The van der Waals surface area contributed by atoms with Crippen LogP contribution in [0.2, 0.25) is 0 Å². The van der Waals surface area contributed by atoms with E-state index in [4.69, 9.17) is 0 Å². The fraction of sp³-hybridized carbons (Fsp3) is 0.333. The first-order valence-corrected chi connectivity index (χ1v) is 8.28. The topological polar surface area (TPSA) is 70.6 Å². The van der Waals surface area contributed by atoms with Crippen LogP contribution in [0.25, 0.3) is 10.9 Å². The van der Waals surface area contributed by atoms with Crippen LogP contribution >= 0.6 is 0 Å². The molecule has 0 N–H and O–H groups in total. The summed E-state index contributed by atoms with van der Waals surface area (Å²) in [4.78, 5) is 43.4. The van der Waals surface area contributed by atoms with Crippen LogP contribution in [0.15, 0.2) is 30.5 Å². The summed E-state index contributed by atoms with van der Waals surface area (Å²) >= 11 is 0. The Bertz CT molecular complexity index is 892. The highest BCUT2D eigenvalue weighted by Crippen LogP contribution is 2.29. The largest absolute Gasteiger partial charge is 0.334 e. The molecule has 0 spiro atoms. The third-order valence-corrected chi connectivity index (χ3v) is 4.85. The molecule has 0 atom stereocenters. The van der Waals surface area contributed by atoms with Crippen LogP contribution in [0.4, 0.5) is 9.18 Å². The summed E-state index contributed by atoms with van der Waals surface area (Å²) in [6.45, 7) is -0.169. The Balaban J connectivity index is 1.68. The lowest BCUT2D eigenvalue weighted by molar-refractivity contribution is -0.144. The van der Waals surface area contributed by atoms with Crippen LogP contribution in [-0.2, 0) is 16.1 Å². The van der Waals surface area contributed by atoms with E-state index < -0.39 is 23.7 Å². The second-order valence-corrected chi connectivity index (χ2v) is 6.43. The predicted molar refractivity (Wildman–Crippen MR) is 86.7 cm³/mol. The van der Waals surface area contributed by atoms with Crippen molar-refractivity contribution >= 4 is 28.7 Å². The molecule has 2 fully saturated rings. The molecule has 2 aliphatic rings. The quantitative estimate of drug-likeness (QED) is 0.635. The standard InChI is InChI=1S/C18H16FN3O3/c19-13-8-11-4-3-7-20-15(11)12(9-13)10-21-16(23)17(24)22(18(21)25)14-5-1-2-6-14/h3-4,7-9,14H,1-2,5-6,10H2. The number of hydrogen-bond acceptors (Lipinski definition) is 4. The molecule has 6 nitrogen and oxygen atoms in total. The lowest BCUT2D eigenvalue weighted by Crippen LogP contribution is -2.39. The molecule has 4 rings (SSSR count). The third kappa shape index (κ3) is 2.56. The van der Waals surface area contributed by atoms with Crippen LogP contribution in [0, 0.1) is 5.82 Å². The number of nitrogens with zero attached hydrogens (tertiary/aromatic N) is 3. The van der Waals surface area contributed by atoms with Crippen LogP contribution in [0.3, 0.4) is 0 Å². The van der Waals surface area contributed by atoms with Gasteiger partial charge >= 0.3 is 17.8 Å². The molecule has 0 unspecified atom stereocenters. The van der Waals surface area contributed by atoms with Crippen LogP contribution < -0.4 is 0 Å². The van der Waals surface area contributed by atoms with Crippen molar-refractivity contribution in [3.63, 3.8) is 0 Å². The maximum Gasteiger partial charge on any atom is 0.334 e. The molecule has 2 heterocycles. The van der Waals surface area contributed by atoms with E-state index in [1.54, 1.807) is 18.3 Å². The molecule has 0 bridgehead atoms. The summed E-state index contributed by atoms with van der Waals surface area (Å²) in [7, 11) is 0. The third-order valence-electron chi connectivity index (χ3n) is 4.85. The molecule has 1 aromatic carbocycles. The van der Waals surface area contributed by atoms with Crippen molar-refractivity contribution in [1.82, 2.24) is 14.8 Å². The second-order valence-electron chi connectivity index (χ2n) is 6.43. The van der Waals surface area contributed by atoms with Gasteiger partial charge in [-0.2, -0.15) is 0 Å². The van der Waals surface area contributed by atoms with Gasteiger partial charge in [-0.05, 0) is 31.0 Å². The van der Waals surface area contributed by atoms with E-state index in [1.807, 2.05) is 0 Å². The summed E-state index contributed by atoms with van der Waals surface area (Å²) in [5.41, 5.74) is 0.912. The minimum Gasteiger partial charge on any atom is -0.263 e. The van der Waals surface area contributed by atoms with E-state index in [0.29, 0.717) is 16.5 Å². The van der Waals surface area contributed by atoms with Crippen molar-refractivity contribution in [2.45, 2.75) is 38.3 Å². The number of amides is 4. The molecule has 25 heavy (non-hydrogen) atoms. The second kappa shape index (κ2) is 5.91. The Kier molecular flexibility index (Phi) is 3.71. The number of fused-ring (bicyclic) bond motifs is 1. The number of hydrogen-bond donors (Lipinski definition) is 0. The summed E-state index contributed by atoms with van der Waals surface area (Å²) in [5, 5.41) is 0.579. The molecule has 7 heteroatoms. The van der Waals surface area contributed by atoms with Crippen LogP contribution in [0.1, 0.15) is 31.2 Å². The van der Waals surface area contributed by atoms with Crippen molar-refractivity contribution in [3.8, 4) is 0 Å². The number of imide groups is 2. The minimum atomic E-state index is -0.856. The number of aromatic nitrogens is 1. The van der Waals surface area contributed by atoms with Gasteiger partial charge in [0, 0.05) is 23.2 Å². The van der Waals surface area contributed by atoms with Gasteiger partial charge in [0.05, 0.1) is 12.1 Å². The van der Waals surface area contributed by atoms with Crippen molar-refractivity contribution in [1.29, 1.82) is 0 Å². The monoisotopic (exact) mass is 341 g/mol. The molecule has 1 aromatic heterocycles. The molecule has 1 aliphatic heterocycles. The predicted octanol–water partition coefficient (Wildman–Crippen LogP) is 2.61. The van der Waals surface area contributed by atoms with E-state index >= 15 is 0 Å².